The molecule has 0 saturated carbocycles. The highest BCUT2D eigenvalue weighted by atomic mass is 16.7. The van der Waals surface area contributed by atoms with Gasteiger partial charge < -0.3 is 9.31 Å². The summed E-state index contributed by atoms with van der Waals surface area (Å²) in [6.45, 7) is 10.7. The second-order valence-electron chi connectivity index (χ2n) is 9.23. The molecule has 2 aromatic rings. The molecule has 1 atom stereocenters. The molecule has 0 aliphatic carbocycles. The molecule has 1 aliphatic rings. The lowest BCUT2D eigenvalue weighted by Gasteiger charge is -2.32. The maximum atomic E-state index is 6.39. The van der Waals surface area contributed by atoms with Gasteiger partial charge >= 0.3 is 7.12 Å². The molecule has 2 aromatic carbocycles. The van der Waals surface area contributed by atoms with Crippen LogP contribution in [0.25, 0.3) is 0 Å². The molecule has 0 amide bonds. The van der Waals surface area contributed by atoms with E-state index in [2.05, 4.69) is 101 Å². The van der Waals surface area contributed by atoms with Crippen LogP contribution in [0.5, 0.6) is 0 Å². The van der Waals surface area contributed by atoms with Gasteiger partial charge in [-0.2, -0.15) is 0 Å². The van der Waals surface area contributed by atoms with E-state index in [0.29, 0.717) is 0 Å². The molecule has 3 rings (SSSR count). The van der Waals surface area contributed by atoms with Crippen LogP contribution in [0.2, 0.25) is 5.82 Å². The molecule has 3 heteroatoms. The third-order valence-electron chi connectivity index (χ3n) is 6.40. The zero-order chi connectivity index (χ0) is 20.9. The molecule has 154 valence electrons. The van der Waals surface area contributed by atoms with Crippen LogP contribution in [0.4, 0.5) is 0 Å². The Morgan fingerprint density at radius 2 is 1.52 bits per heavy atom. The highest BCUT2D eigenvalue weighted by molar-refractivity contribution is 6.48. The molecule has 0 N–H and O–H groups in total. The van der Waals surface area contributed by atoms with Crippen molar-refractivity contribution in [2.24, 2.45) is 0 Å². The van der Waals surface area contributed by atoms with E-state index in [1.807, 2.05) is 0 Å². The van der Waals surface area contributed by atoms with Gasteiger partial charge in [0.1, 0.15) is 0 Å². The van der Waals surface area contributed by atoms with Gasteiger partial charge in [-0.25, -0.2) is 0 Å². The molecule has 0 spiro atoms. The standard InChI is InChI=1S/C26H35BO2/c1-21-14-12-13-18-23(21)20-24(27-28-25(2,3)26(4,5)29-27)19-11-7-10-17-22-15-8-6-9-16-22/h6,8-9,11-16,18-19,24H,7,10,17,20H2,1-5H3/b19-11+. The summed E-state index contributed by atoms with van der Waals surface area (Å²) in [4.78, 5) is 0. The minimum Gasteiger partial charge on any atom is -0.403 e. The molecule has 1 unspecified atom stereocenters. The lowest BCUT2D eigenvalue weighted by atomic mass is 9.68. The van der Waals surface area contributed by atoms with Crippen molar-refractivity contribution < 1.29 is 9.31 Å². The Balaban J connectivity index is 1.67. The average Bonchev–Trinajstić information content (AvgIpc) is 2.90. The second-order valence-corrected chi connectivity index (χ2v) is 9.23. The maximum absolute atomic E-state index is 6.39. The minimum absolute atomic E-state index is 0.203. The predicted octanol–water partition coefficient (Wildman–Crippen LogP) is 6.58. The molecule has 1 heterocycles. The zero-order valence-corrected chi connectivity index (χ0v) is 18.7. The van der Waals surface area contributed by atoms with Crippen molar-refractivity contribution in [3.63, 3.8) is 0 Å². The highest BCUT2D eigenvalue weighted by Crippen LogP contribution is 2.41. The summed E-state index contributed by atoms with van der Waals surface area (Å²) in [6, 6.07) is 19.3. The highest BCUT2D eigenvalue weighted by Gasteiger charge is 2.53. The Morgan fingerprint density at radius 1 is 0.897 bits per heavy atom. The first-order chi connectivity index (χ1) is 13.8. The third-order valence-corrected chi connectivity index (χ3v) is 6.40. The Labute approximate surface area is 177 Å². The molecule has 1 aliphatic heterocycles. The van der Waals surface area contributed by atoms with Crippen LogP contribution in [-0.2, 0) is 22.2 Å². The topological polar surface area (TPSA) is 18.5 Å². The van der Waals surface area contributed by atoms with Crippen molar-refractivity contribution in [2.75, 3.05) is 0 Å². The molecular formula is C26H35BO2. The Hall–Kier alpha value is -1.84. The molecule has 29 heavy (non-hydrogen) atoms. The van der Waals surface area contributed by atoms with E-state index in [4.69, 9.17) is 9.31 Å². The van der Waals surface area contributed by atoms with Crippen LogP contribution in [0.15, 0.2) is 66.7 Å². The fourth-order valence-electron chi connectivity index (χ4n) is 3.75. The zero-order valence-electron chi connectivity index (χ0n) is 18.7. The van der Waals surface area contributed by atoms with Gasteiger partial charge in [0.25, 0.3) is 0 Å². The third kappa shape index (κ3) is 5.61. The van der Waals surface area contributed by atoms with Gasteiger partial charge in [-0.1, -0.05) is 66.7 Å². The van der Waals surface area contributed by atoms with Crippen LogP contribution in [0.3, 0.4) is 0 Å². The van der Waals surface area contributed by atoms with Crippen molar-refractivity contribution >= 4 is 7.12 Å². The summed E-state index contributed by atoms with van der Waals surface area (Å²) in [5.41, 5.74) is 3.49. The van der Waals surface area contributed by atoms with Gasteiger partial charge in [0.15, 0.2) is 0 Å². The lowest BCUT2D eigenvalue weighted by Crippen LogP contribution is -2.41. The predicted molar refractivity (Wildman–Crippen MR) is 123 cm³/mol. The minimum atomic E-state index is -0.303. The summed E-state index contributed by atoms with van der Waals surface area (Å²) in [5, 5.41) is 0. The number of hydrogen-bond donors (Lipinski definition) is 0. The van der Waals surface area contributed by atoms with Gasteiger partial charge in [-0.3, -0.25) is 0 Å². The van der Waals surface area contributed by atoms with E-state index in [1.165, 1.54) is 16.7 Å². The molecule has 1 saturated heterocycles. The van der Waals surface area contributed by atoms with Crippen LogP contribution in [0.1, 0.15) is 57.2 Å². The van der Waals surface area contributed by atoms with Crippen molar-refractivity contribution in [3.05, 3.63) is 83.4 Å². The van der Waals surface area contributed by atoms with Crippen molar-refractivity contribution in [1.29, 1.82) is 0 Å². The van der Waals surface area contributed by atoms with Crippen LogP contribution in [-0.4, -0.2) is 18.3 Å². The lowest BCUT2D eigenvalue weighted by molar-refractivity contribution is 0.00578. The van der Waals surface area contributed by atoms with Gasteiger partial charge in [0.05, 0.1) is 11.2 Å². The molecule has 0 aromatic heterocycles. The van der Waals surface area contributed by atoms with Crippen LogP contribution < -0.4 is 0 Å². The number of hydrogen-bond acceptors (Lipinski definition) is 2. The normalized spacial score (nSPS) is 19.0. The van der Waals surface area contributed by atoms with E-state index in [9.17, 15) is 0 Å². The van der Waals surface area contributed by atoms with E-state index in [0.717, 1.165) is 25.7 Å². The van der Waals surface area contributed by atoms with E-state index in [-0.39, 0.29) is 24.1 Å². The monoisotopic (exact) mass is 390 g/mol. The Kier molecular flexibility index (Phi) is 7.03. The Morgan fingerprint density at radius 3 is 2.17 bits per heavy atom. The van der Waals surface area contributed by atoms with Crippen molar-refractivity contribution in [3.8, 4) is 0 Å². The second kappa shape index (κ2) is 9.32. The smallest absolute Gasteiger partial charge is 0.403 e. The fraction of sp³-hybridized carbons (Fsp3) is 0.462. The number of rotatable bonds is 8. The molecule has 2 nitrogen and oxygen atoms in total. The van der Waals surface area contributed by atoms with Gasteiger partial charge in [0.2, 0.25) is 0 Å². The average molecular weight is 390 g/mol. The van der Waals surface area contributed by atoms with E-state index >= 15 is 0 Å². The van der Waals surface area contributed by atoms with Crippen molar-refractivity contribution in [1.82, 2.24) is 0 Å². The molecule has 1 fully saturated rings. The number of unbranched alkanes of at least 4 members (excludes halogenated alkanes) is 1. The van der Waals surface area contributed by atoms with E-state index < -0.39 is 0 Å². The maximum Gasteiger partial charge on any atom is 0.465 e. The SMILES string of the molecule is Cc1ccccc1CC(/C=C/CCCc1ccccc1)B1OC(C)(C)C(C)(C)O1. The summed E-state index contributed by atoms with van der Waals surface area (Å²) >= 11 is 0. The Bertz CT molecular complexity index is 794. The summed E-state index contributed by atoms with van der Waals surface area (Å²) < 4.78 is 12.8. The van der Waals surface area contributed by atoms with Gasteiger partial charge in [-0.05, 0) is 77.0 Å². The van der Waals surface area contributed by atoms with Gasteiger partial charge in [0, 0.05) is 5.82 Å². The number of benzene rings is 2. The van der Waals surface area contributed by atoms with Crippen molar-refractivity contribution in [2.45, 2.75) is 77.3 Å². The molecule has 0 radical (unpaired) electrons. The fourth-order valence-corrected chi connectivity index (χ4v) is 3.75. The number of aryl methyl sites for hydroxylation is 2. The van der Waals surface area contributed by atoms with Crippen LogP contribution in [0, 0.1) is 6.92 Å². The van der Waals surface area contributed by atoms with Crippen LogP contribution >= 0.6 is 0 Å². The molecule has 0 bridgehead atoms. The first-order valence-electron chi connectivity index (χ1n) is 10.9. The first kappa shape index (κ1) is 21.9. The number of allylic oxidation sites excluding steroid dienone is 2. The van der Waals surface area contributed by atoms with Gasteiger partial charge in [-0.15, -0.1) is 0 Å². The first-order valence-corrected chi connectivity index (χ1v) is 10.9. The summed E-state index contributed by atoms with van der Waals surface area (Å²) in [6.07, 6.45) is 8.90. The summed E-state index contributed by atoms with van der Waals surface area (Å²) in [5.74, 6) is 0.203. The van der Waals surface area contributed by atoms with E-state index in [1.54, 1.807) is 0 Å². The largest absolute Gasteiger partial charge is 0.465 e. The summed E-state index contributed by atoms with van der Waals surface area (Å²) in [7, 11) is -0.218. The molecular weight excluding hydrogens is 355 g/mol. The quantitative estimate of drug-likeness (QED) is 0.288.